The summed E-state index contributed by atoms with van der Waals surface area (Å²) in [6.07, 6.45) is 0.737. The van der Waals surface area contributed by atoms with Crippen molar-refractivity contribution in [2.75, 3.05) is 39.5 Å². The van der Waals surface area contributed by atoms with Gasteiger partial charge in [0, 0.05) is 59.5 Å². The summed E-state index contributed by atoms with van der Waals surface area (Å²) in [7, 11) is 0. The quantitative estimate of drug-likeness (QED) is 0.0360. The summed E-state index contributed by atoms with van der Waals surface area (Å²) >= 11 is 0. The highest BCUT2D eigenvalue weighted by Gasteiger charge is 2.46. The Hall–Kier alpha value is -5.69. The van der Waals surface area contributed by atoms with E-state index in [4.69, 9.17) is 18.9 Å². The van der Waals surface area contributed by atoms with Crippen molar-refractivity contribution in [3.05, 3.63) is 67.8 Å². The predicted molar refractivity (Wildman–Crippen MR) is 237 cm³/mol. The van der Waals surface area contributed by atoms with Crippen LogP contribution >= 0.6 is 0 Å². The fourth-order valence-corrected chi connectivity index (χ4v) is 7.48. The molecule has 64 heavy (non-hydrogen) atoms. The monoisotopic (exact) mass is 898 g/mol. The summed E-state index contributed by atoms with van der Waals surface area (Å²) in [4.78, 5) is 88.6. The number of nitrogens with one attached hydrogen (secondary N) is 4. The normalized spacial score (nSPS) is 15.8. The molecule has 0 spiro atoms. The molecule has 2 aromatic rings. The molecule has 1 aliphatic rings. The van der Waals surface area contributed by atoms with Gasteiger partial charge in [0.15, 0.2) is 12.6 Å². The molecule has 0 bridgehead atoms. The van der Waals surface area contributed by atoms with E-state index in [0.717, 1.165) is 0 Å². The van der Waals surface area contributed by atoms with Crippen LogP contribution in [0.15, 0.2) is 36.4 Å². The number of nitrogens with zero attached hydrogens (tertiary/aromatic N) is 2. The maximum atomic E-state index is 14.5. The van der Waals surface area contributed by atoms with Gasteiger partial charge in [-0.1, -0.05) is 27.7 Å². The molecule has 4 unspecified atom stereocenters. The van der Waals surface area contributed by atoms with Crippen molar-refractivity contribution < 1.29 is 52.8 Å². The van der Waals surface area contributed by atoms with Crippen molar-refractivity contribution in [1.29, 1.82) is 0 Å². The Kier molecular flexibility index (Phi) is 19.6. The lowest BCUT2D eigenvalue weighted by Crippen LogP contribution is -2.50. The minimum absolute atomic E-state index is 0.0205. The number of carbonyl (C=O) groups is 5. The average molecular weight is 899 g/mol. The van der Waals surface area contributed by atoms with Crippen LogP contribution in [0, 0.1) is 42.9 Å². The molecule has 0 aromatic heterocycles. The van der Waals surface area contributed by atoms with E-state index < -0.39 is 50.2 Å². The van der Waals surface area contributed by atoms with Crippen LogP contribution in [0.5, 0.6) is 11.5 Å². The van der Waals surface area contributed by atoms with Gasteiger partial charge in [0.25, 0.3) is 11.4 Å². The topological polar surface area (TPSA) is 257 Å². The second kappa shape index (κ2) is 23.8. The van der Waals surface area contributed by atoms with Crippen molar-refractivity contribution in [3.63, 3.8) is 0 Å². The third-order valence-electron chi connectivity index (χ3n) is 10.9. The smallest absolute Gasteiger partial charge is 0.280 e. The van der Waals surface area contributed by atoms with E-state index in [0.29, 0.717) is 44.5 Å². The van der Waals surface area contributed by atoms with Gasteiger partial charge in [-0.3, -0.25) is 44.2 Å². The zero-order valence-electron chi connectivity index (χ0n) is 38.5. The SMILES string of the molecule is CCC(C)(CC(C)(CC(CC(C)C(=O)NC(C)(C)C)C(=O)NC(C)C)C(=O)NCCCOc1ccc([N+](=O)[O-])c(C2OCCO2)c1)C(=O)NCCCOc1ccc([N+](=O)[O-])c(C=O)c1. The van der Waals surface area contributed by atoms with E-state index in [1.807, 2.05) is 41.5 Å². The standard InChI is InChI=1S/C45H66N6O13/c1-10-44(8,41(55)46-17-11-19-61-33-13-15-36(50(57)58)32(24-33)27-52)28-45(9,26-31(39(54)48-29(2)3)23-30(4)38(53)49-43(5,6)7)42(56)47-18-12-20-62-34-14-16-37(51(59)60)35(25-34)40-63-21-22-64-40/h13-16,24-25,27,29-31,40H,10-12,17-23,26,28H2,1-9H3,(H,46,55)(H,47,56)(H,48,54)(H,49,53). The Morgan fingerprint density at radius 2 is 1.34 bits per heavy atom. The van der Waals surface area contributed by atoms with Gasteiger partial charge >= 0.3 is 0 Å². The fraction of sp³-hybridized carbons (Fsp3) is 0.622. The summed E-state index contributed by atoms with van der Waals surface area (Å²) in [6, 6.07) is 7.94. The van der Waals surface area contributed by atoms with Gasteiger partial charge in [0.05, 0.1) is 47.4 Å². The molecule has 4 N–H and O–H groups in total. The van der Waals surface area contributed by atoms with Gasteiger partial charge in [-0.25, -0.2) is 0 Å². The molecule has 0 saturated carbocycles. The lowest BCUT2D eigenvalue weighted by molar-refractivity contribution is -0.386. The minimum Gasteiger partial charge on any atom is -0.494 e. The first-order valence-electron chi connectivity index (χ1n) is 21.7. The zero-order chi connectivity index (χ0) is 47.8. The number of hydrogen-bond donors (Lipinski definition) is 4. The molecule has 0 radical (unpaired) electrons. The molecule has 4 atom stereocenters. The summed E-state index contributed by atoms with van der Waals surface area (Å²) in [5.74, 6) is -2.02. The van der Waals surface area contributed by atoms with Crippen LogP contribution in [0.4, 0.5) is 11.4 Å². The van der Waals surface area contributed by atoms with Crippen molar-refractivity contribution in [2.45, 2.75) is 119 Å². The molecular weight excluding hydrogens is 833 g/mol. The first-order chi connectivity index (χ1) is 30.0. The highest BCUT2D eigenvalue weighted by Crippen LogP contribution is 2.43. The number of rotatable bonds is 26. The Labute approximate surface area is 374 Å². The number of nitro groups is 2. The zero-order valence-corrected chi connectivity index (χ0v) is 38.5. The van der Waals surface area contributed by atoms with Crippen LogP contribution in [-0.2, 0) is 28.7 Å². The van der Waals surface area contributed by atoms with Gasteiger partial charge in [-0.05, 0) is 97.4 Å². The van der Waals surface area contributed by atoms with Crippen molar-refractivity contribution in [2.24, 2.45) is 22.7 Å². The number of hydrogen-bond acceptors (Lipinski definition) is 13. The van der Waals surface area contributed by atoms with Crippen LogP contribution in [-0.4, -0.2) is 90.9 Å². The number of carbonyl (C=O) groups excluding carboxylic acids is 5. The lowest BCUT2D eigenvalue weighted by atomic mass is 9.66. The molecule has 354 valence electrons. The molecule has 4 amide bonds. The molecule has 1 saturated heterocycles. The summed E-state index contributed by atoms with van der Waals surface area (Å²) in [5, 5.41) is 34.7. The Bertz CT molecular complexity index is 1960. The van der Waals surface area contributed by atoms with E-state index >= 15 is 0 Å². The third kappa shape index (κ3) is 15.8. The van der Waals surface area contributed by atoms with Crippen LogP contribution in [0.2, 0.25) is 0 Å². The van der Waals surface area contributed by atoms with Crippen LogP contribution in [0.25, 0.3) is 0 Å². The van der Waals surface area contributed by atoms with E-state index in [1.54, 1.807) is 20.8 Å². The molecule has 19 heteroatoms. The fourth-order valence-electron chi connectivity index (χ4n) is 7.48. The molecule has 0 aliphatic carbocycles. The first kappa shape index (κ1) is 52.7. The summed E-state index contributed by atoms with van der Waals surface area (Å²) in [6.45, 7) is 17.6. The number of aldehydes is 1. The van der Waals surface area contributed by atoms with Crippen molar-refractivity contribution in [3.8, 4) is 11.5 Å². The number of amides is 4. The van der Waals surface area contributed by atoms with Crippen LogP contribution < -0.4 is 30.7 Å². The second-order valence-electron chi connectivity index (χ2n) is 18.2. The minimum atomic E-state index is -1.30. The molecule has 1 heterocycles. The first-order valence-corrected chi connectivity index (χ1v) is 21.7. The van der Waals surface area contributed by atoms with Crippen molar-refractivity contribution in [1.82, 2.24) is 21.3 Å². The van der Waals surface area contributed by atoms with E-state index in [9.17, 15) is 44.2 Å². The van der Waals surface area contributed by atoms with E-state index in [2.05, 4.69) is 21.3 Å². The molecule has 3 rings (SSSR count). The van der Waals surface area contributed by atoms with Crippen LogP contribution in [0.1, 0.15) is 123 Å². The second-order valence-corrected chi connectivity index (χ2v) is 18.2. The number of ether oxygens (including phenoxy) is 4. The molecule has 1 fully saturated rings. The van der Waals surface area contributed by atoms with Gasteiger partial charge in [-0.2, -0.15) is 0 Å². The average Bonchev–Trinajstić information content (AvgIpc) is 3.77. The molecule has 19 nitrogen and oxygen atoms in total. The van der Waals surface area contributed by atoms with Gasteiger partial charge in [0.2, 0.25) is 23.6 Å². The number of benzene rings is 2. The predicted octanol–water partition coefficient (Wildman–Crippen LogP) is 6.12. The molecule has 1 aliphatic heterocycles. The van der Waals surface area contributed by atoms with Gasteiger partial charge < -0.3 is 40.2 Å². The summed E-state index contributed by atoms with van der Waals surface area (Å²) < 4.78 is 22.6. The number of nitro benzene ring substituents is 2. The van der Waals surface area contributed by atoms with Gasteiger partial charge in [-0.15, -0.1) is 0 Å². The Morgan fingerprint density at radius 1 is 0.812 bits per heavy atom. The Balaban J connectivity index is 1.79. The van der Waals surface area contributed by atoms with Crippen LogP contribution in [0.3, 0.4) is 0 Å². The lowest BCUT2D eigenvalue weighted by Gasteiger charge is -2.39. The largest absolute Gasteiger partial charge is 0.494 e. The van der Waals surface area contributed by atoms with E-state index in [1.165, 1.54) is 36.4 Å². The summed E-state index contributed by atoms with van der Waals surface area (Å²) in [5.41, 5.74) is -3.29. The maximum absolute atomic E-state index is 14.5. The Morgan fingerprint density at radius 3 is 1.84 bits per heavy atom. The maximum Gasteiger partial charge on any atom is 0.280 e. The molecule has 2 aromatic carbocycles. The van der Waals surface area contributed by atoms with E-state index in [-0.39, 0.29) is 97.6 Å². The van der Waals surface area contributed by atoms with Crippen molar-refractivity contribution >= 4 is 41.3 Å². The third-order valence-corrected chi connectivity index (χ3v) is 10.9. The van der Waals surface area contributed by atoms with Gasteiger partial charge in [0.1, 0.15) is 11.5 Å². The highest BCUT2D eigenvalue weighted by atomic mass is 16.7. The highest BCUT2D eigenvalue weighted by molar-refractivity contribution is 5.88. The molecular formula is C45H66N6O13.